The topological polar surface area (TPSA) is 66.0 Å². The van der Waals surface area contributed by atoms with Gasteiger partial charge in [-0.1, -0.05) is 17.7 Å². The Labute approximate surface area is 235 Å². The quantitative estimate of drug-likeness (QED) is 0.404. The predicted molar refractivity (Wildman–Crippen MR) is 144 cm³/mol. The van der Waals surface area contributed by atoms with Crippen LogP contribution in [0.2, 0.25) is 5.02 Å². The van der Waals surface area contributed by atoms with E-state index in [1.807, 2.05) is 4.90 Å². The van der Waals surface area contributed by atoms with Crippen LogP contribution in [0.1, 0.15) is 24.3 Å². The first-order valence-corrected chi connectivity index (χ1v) is 13.4. The lowest BCUT2D eigenvalue weighted by molar-refractivity contribution is -0.135. The van der Waals surface area contributed by atoms with E-state index in [1.165, 1.54) is 53.6 Å². The molecule has 2 unspecified atom stereocenters. The van der Waals surface area contributed by atoms with Gasteiger partial charge in [0.15, 0.2) is 0 Å². The van der Waals surface area contributed by atoms with Crippen molar-refractivity contribution in [2.24, 2.45) is 5.92 Å². The maximum Gasteiger partial charge on any atom is 0.415 e. The van der Waals surface area contributed by atoms with Crippen LogP contribution in [0.3, 0.4) is 0 Å². The third kappa shape index (κ3) is 6.01. The average Bonchev–Trinajstić information content (AvgIpc) is 3.41. The van der Waals surface area contributed by atoms with Crippen LogP contribution < -0.4 is 9.64 Å². The van der Waals surface area contributed by atoms with Crippen molar-refractivity contribution < 1.29 is 27.5 Å². The number of ether oxygens (including phenoxy) is 1. The van der Waals surface area contributed by atoms with Gasteiger partial charge in [-0.05, 0) is 66.9 Å². The van der Waals surface area contributed by atoms with Crippen LogP contribution in [-0.4, -0.2) is 66.1 Å². The summed E-state index contributed by atoms with van der Waals surface area (Å²) in [4.78, 5) is 35.9. The van der Waals surface area contributed by atoms with Gasteiger partial charge in [-0.2, -0.15) is 0 Å². The van der Waals surface area contributed by atoms with Crippen LogP contribution in [0.4, 0.5) is 23.8 Å². The number of rotatable bonds is 5. The van der Waals surface area contributed by atoms with Gasteiger partial charge in [-0.3, -0.25) is 4.79 Å². The van der Waals surface area contributed by atoms with Crippen molar-refractivity contribution >= 4 is 29.4 Å². The minimum atomic E-state index is -0.676. The second kappa shape index (κ2) is 11.8. The molecule has 210 valence electrons. The summed E-state index contributed by atoms with van der Waals surface area (Å²) < 4.78 is 46.4. The van der Waals surface area contributed by atoms with Crippen LogP contribution in [-0.2, 0) is 4.79 Å². The Kier molecular flexibility index (Phi) is 8.16. The molecule has 0 aliphatic carbocycles. The van der Waals surface area contributed by atoms with Crippen molar-refractivity contribution in [1.82, 2.24) is 14.8 Å². The molecule has 2 aromatic carbocycles. The number of amides is 2. The molecule has 2 atom stereocenters. The molecular formula is C29H28ClF3N4O3. The predicted octanol–water partition coefficient (Wildman–Crippen LogP) is 5.49. The van der Waals surface area contributed by atoms with Crippen molar-refractivity contribution in [3.05, 3.63) is 88.8 Å². The number of likely N-dealkylation sites (tertiary alicyclic amines) is 1. The molecule has 40 heavy (non-hydrogen) atoms. The van der Waals surface area contributed by atoms with Gasteiger partial charge in [0, 0.05) is 45.1 Å². The minimum absolute atomic E-state index is 0.0160. The van der Waals surface area contributed by atoms with Crippen molar-refractivity contribution in [3.63, 3.8) is 0 Å². The molecule has 2 aliphatic heterocycles. The van der Waals surface area contributed by atoms with E-state index in [4.69, 9.17) is 16.3 Å². The molecule has 11 heteroatoms. The van der Waals surface area contributed by atoms with Crippen molar-refractivity contribution in [2.75, 3.05) is 38.1 Å². The molecule has 7 nitrogen and oxygen atoms in total. The van der Waals surface area contributed by atoms with Crippen LogP contribution in [0, 0.1) is 23.4 Å². The molecule has 2 saturated heterocycles. The third-order valence-corrected chi connectivity index (χ3v) is 7.96. The van der Waals surface area contributed by atoms with Gasteiger partial charge < -0.3 is 19.4 Å². The number of pyridine rings is 1. The summed E-state index contributed by atoms with van der Waals surface area (Å²) in [5.74, 6) is -1.24. The van der Waals surface area contributed by atoms with Crippen LogP contribution >= 0.6 is 11.6 Å². The Hall–Kier alpha value is -3.79. The van der Waals surface area contributed by atoms with Crippen molar-refractivity contribution in [2.45, 2.75) is 24.8 Å². The number of nitrogens with zero attached hydrogens (tertiary/aromatic N) is 4. The van der Waals surface area contributed by atoms with Gasteiger partial charge >= 0.3 is 6.09 Å². The van der Waals surface area contributed by atoms with E-state index in [0.717, 1.165) is 0 Å². The Morgan fingerprint density at radius 1 is 0.975 bits per heavy atom. The molecule has 0 radical (unpaired) electrons. The summed E-state index contributed by atoms with van der Waals surface area (Å²) >= 11 is 5.90. The molecule has 1 aromatic heterocycles. The van der Waals surface area contributed by atoms with Gasteiger partial charge in [0.1, 0.15) is 29.0 Å². The summed E-state index contributed by atoms with van der Waals surface area (Å²) in [5.41, 5.74) is 0.612. The van der Waals surface area contributed by atoms with E-state index in [-0.39, 0.29) is 35.1 Å². The van der Waals surface area contributed by atoms with Crippen LogP contribution in [0.25, 0.3) is 0 Å². The highest BCUT2D eigenvalue weighted by Crippen LogP contribution is 2.35. The fourth-order valence-corrected chi connectivity index (χ4v) is 5.53. The molecule has 0 saturated carbocycles. The van der Waals surface area contributed by atoms with Crippen LogP contribution in [0.5, 0.6) is 5.75 Å². The maximum atomic E-state index is 14.4. The van der Waals surface area contributed by atoms with Gasteiger partial charge in [-0.15, -0.1) is 0 Å². The number of carbonyl (C=O) groups excluding carboxylic acids is 2. The van der Waals surface area contributed by atoms with Gasteiger partial charge in [0.25, 0.3) is 0 Å². The Morgan fingerprint density at radius 2 is 1.68 bits per heavy atom. The maximum absolute atomic E-state index is 14.4. The lowest BCUT2D eigenvalue weighted by atomic mass is 9.93. The number of hydrogen-bond donors (Lipinski definition) is 0. The van der Waals surface area contributed by atoms with E-state index < -0.39 is 29.6 Å². The number of benzene rings is 2. The summed E-state index contributed by atoms with van der Waals surface area (Å²) in [5, 5.41) is -0.0160. The van der Waals surface area contributed by atoms with Crippen LogP contribution in [0.15, 0.2) is 60.8 Å². The van der Waals surface area contributed by atoms with E-state index in [1.54, 1.807) is 24.1 Å². The SMILES string of the molecule is CN(C(=O)Oc1ccc(F)cc1)C1CN(C(=O)C2CCN(c3ccc(F)cn3)CC2)CC1c1ccc(Cl)c(F)c1. The number of aromatic nitrogens is 1. The van der Waals surface area contributed by atoms with E-state index >= 15 is 0 Å². The molecule has 3 aromatic rings. The molecule has 0 spiro atoms. The second-order valence-corrected chi connectivity index (χ2v) is 10.5. The normalized spacial score (nSPS) is 19.5. The van der Waals surface area contributed by atoms with Gasteiger partial charge in [0.05, 0.1) is 17.3 Å². The summed E-state index contributed by atoms with van der Waals surface area (Å²) in [6, 6.07) is 12.1. The molecule has 0 N–H and O–H groups in total. The fourth-order valence-electron chi connectivity index (χ4n) is 5.41. The van der Waals surface area contributed by atoms with E-state index in [0.29, 0.717) is 43.9 Å². The van der Waals surface area contributed by atoms with Gasteiger partial charge in [-0.25, -0.2) is 22.9 Å². The van der Waals surface area contributed by atoms with Crippen molar-refractivity contribution in [1.29, 1.82) is 0 Å². The summed E-state index contributed by atoms with van der Waals surface area (Å²) in [7, 11) is 1.57. The second-order valence-electron chi connectivity index (χ2n) is 10.1. The lowest BCUT2D eigenvalue weighted by Crippen LogP contribution is -2.45. The zero-order valence-electron chi connectivity index (χ0n) is 21.8. The number of piperidine rings is 1. The smallest absolute Gasteiger partial charge is 0.410 e. The highest BCUT2D eigenvalue weighted by atomic mass is 35.5. The molecule has 2 fully saturated rings. The number of carbonyl (C=O) groups is 2. The molecular weight excluding hydrogens is 545 g/mol. The molecule has 5 rings (SSSR count). The summed E-state index contributed by atoms with van der Waals surface area (Å²) in [6.45, 7) is 1.73. The minimum Gasteiger partial charge on any atom is -0.410 e. The molecule has 0 bridgehead atoms. The number of anilines is 1. The fraction of sp³-hybridized carbons (Fsp3) is 0.345. The number of likely N-dealkylation sites (N-methyl/N-ethyl adjacent to an activating group) is 1. The monoisotopic (exact) mass is 572 g/mol. The molecule has 3 heterocycles. The Balaban J connectivity index is 1.30. The van der Waals surface area contributed by atoms with Gasteiger partial charge in [0.2, 0.25) is 5.91 Å². The molecule has 2 amide bonds. The van der Waals surface area contributed by atoms with E-state index in [9.17, 15) is 22.8 Å². The first-order chi connectivity index (χ1) is 19.2. The van der Waals surface area contributed by atoms with E-state index in [2.05, 4.69) is 4.98 Å². The van der Waals surface area contributed by atoms with Crippen molar-refractivity contribution in [3.8, 4) is 5.75 Å². The first-order valence-electron chi connectivity index (χ1n) is 13.0. The standard InChI is InChI=1S/C29H28ClF3N4O3/c1-35(29(39)40-22-6-3-20(31)4-7-22)26-17-37(16-23(26)19-2-8-24(30)25(33)14-19)28(38)18-10-12-36(13-11-18)27-9-5-21(32)15-34-27/h2-9,14-15,18,23,26H,10-13,16-17H2,1H3. The average molecular weight is 573 g/mol. The Morgan fingerprint density at radius 3 is 2.33 bits per heavy atom. The Bertz CT molecular complexity index is 1370. The highest BCUT2D eigenvalue weighted by Gasteiger charge is 2.42. The number of hydrogen-bond acceptors (Lipinski definition) is 5. The third-order valence-electron chi connectivity index (χ3n) is 7.66. The number of halogens is 4. The lowest BCUT2D eigenvalue weighted by Gasteiger charge is -2.34. The largest absolute Gasteiger partial charge is 0.415 e. The molecule has 2 aliphatic rings. The highest BCUT2D eigenvalue weighted by molar-refractivity contribution is 6.30. The summed E-state index contributed by atoms with van der Waals surface area (Å²) in [6.07, 6.45) is 1.70. The zero-order valence-corrected chi connectivity index (χ0v) is 22.5. The zero-order chi connectivity index (χ0) is 28.4. The first kappa shape index (κ1) is 27.8.